The van der Waals surface area contributed by atoms with Gasteiger partial charge >= 0.3 is 0 Å². The minimum atomic E-state index is -0.901. The number of hydrogen-bond acceptors (Lipinski definition) is 6. The van der Waals surface area contributed by atoms with Gasteiger partial charge < -0.3 is 20.3 Å². The van der Waals surface area contributed by atoms with Gasteiger partial charge in [0, 0.05) is 43.2 Å². The summed E-state index contributed by atoms with van der Waals surface area (Å²) in [4.78, 5) is 22.9. The molecule has 2 unspecified atom stereocenters. The Morgan fingerprint density at radius 1 is 1.18 bits per heavy atom. The second kappa shape index (κ2) is 12.1. The zero-order chi connectivity index (χ0) is 27.7. The molecule has 1 aliphatic carbocycles. The monoisotopic (exact) mass is 614 g/mol. The van der Waals surface area contributed by atoms with Crippen molar-refractivity contribution >= 4 is 57.2 Å². The fourth-order valence-corrected chi connectivity index (χ4v) is 6.25. The van der Waals surface area contributed by atoms with E-state index < -0.39 is 29.4 Å². The summed E-state index contributed by atoms with van der Waals surface area (Å²) in [7, 11) is 0. The summed E-state index contributed by atoms with van der Waals surface area (Å²) >= 11 is 19.8. The van der Waals surface area contributed by atoms with Gasteiger partial charge in [0.1, 0.15) is 6.10 Å². The Labute approximate surface area is 244 Å². The quantitative estimate of drug-likeness (QED) is 0.269. The predicted octanol–water partition coefficient (Wildman–Crippen LogP) is 6.35. The molecule has 2 N–H and O–H groups in total. The average molecular weight is 616 g/mol. The molecule has 0 spiro atoms. The topological polar surface area (TPSA) is 71.7 Å². The second-order valence-corrected chi connectivity index (χ2v) is 12.1. The molecule has 3 aromatic rings. The van der Waals surface area contributed by atoms with Crippen LogP contribution in [0.1, 0.15) is 29.7 Å². The van der Waals surface area contributed by atoms with Crippen LogP contribution in [0.2, 0.25) is 15.1 Å². The molecule has 12 heteroatoms. The summed E-state index contributed by atoms with van der Waals surface area (Å²) in [5.74, 6) is -2.56. The van der Waals surface area contributed by atoms with Crippen LogP contribution >= 0.6 is 46.1 Å². The maximum Gasteiger partial charge on any atom is 0.227 e. The van der Waals surface area contributed by atoms with Gasteiger partial charge in [-0.25, -0.2) is 13.8 Å². The van der Waals surface area contributed by atoms with Crippen LogP contribution in [0.3, 0.4) is 0 Å². The summed E-state index contributed by atoms with van der Waals surface area (Å²) in [6.07, 6.45) is 4.29. The van der Waals surface area contributed by atoms with Gasteiger partial charge in [-0.15, -0.1) is 11.3 Å². The number of nitrogens with zero attached hydrogens (tertiary/aromatic N) is 3. The summed E-state index contributed by atoms with van der Waals surface area (Å²) in [5, 5.41) is 1.49. The van der Waals surface area contributed by atoms with Gasteiger partial charge in [0.2, 0.25) is 5.91 Å². The second-order valence-electron chi connectivity index (χ2n) is 9.80. The minimum absolute atomic E-state index is 0.00814. The van der Waals surface area contributed by atoms with E-state index in [-0.39, 0.29) is 23.5 Å². The molecule has 1 aromatic heterocycles. The van der Waals surface area contributed by atoms with Crippen molar-refractivity contribution in [3.63, 3.8) is 0 Å². The molecule has 1 saturated heterocycles. The molecule has 2 fully saturated rings. The van der Waals surface area contributed by atoms with Crippen LogP contribution in [0.4, 0.5) is 13.9 Å². The lowest BCUT2D eigenvalue weighted by Crippen LogP contribution is -2.41. The highest BCUT2D eigenvalue weighted by Crippen LogP contribution is 2.35. The number of ether oxygens (including phenoxy) is 1. The van der Waals surface area contributed by atoms with Crippen LogP contribution in [-0.4, -0.2) is 47.6 Å². The van der Waals surface area contributed by atoms with E-state index in [1.54, 1.807) is 12.3 Å². The normalized spacial score (nSPS) is 17.9. The fourth-order valence-electron chi connectivity index (χ4n) is 4.70. The number of benzene rings is 2. The lowest BCUT2D eigenvalue weighted by atomic mass is 10.0. The summed E-state index contributed by atoms with van der Waals surface area (Å²) in [5.41, 5.74) is 6.88. The molecule has 208 valence electrons. The van der Waals surface area contributed by atoms with E-state index in [0.29, 0.717) is 42.5 Å². The predicted molar refractivity (Wildman–Crippen MR) is 151 cm³/mol. The van der Waals surface area contributed by atoms with Gasteiger partial charge in [0.05, 0.1) is 27.5 Å². The minimum Gasteiger partial charge on any atom is -0.482 e. The maximum atomic E-state index is 14.3. The molecule has 2 aromatic carbocycles. The number of carbonyl (C=O) groups is 1. The first kappa shape index (κ1) is 28.4. The van der Waals surface area contributed by atoms with E-state index in [4.69, 9.17) is 45.3 Å². The molecule has 1 aliphatic heterocycles. The molecule has 1 saturated carbocycles. The third-order valence-corrected chi connectivity index (χ3v) is 9.20. The number of carbonyl (C=O) groups excluding carboxylic acids is 1. The molecule has 6 nitrogen and oxygen atoms in total. The Morgan fingerprint density at radius 3 is 2.72 bits per heavy atom. The molecule has 2 heterocycles. The van der Waals surface area contributed by atoms with Gasteiger partial charge in [-0.05, 0) is 43.0 Å². The molecule has 2 aliphatic rings. The zero-order valence-corrected chi connectivity index (χ0v) is 24.0. The van der Waals surface area contributed by atoms with Crippen molar-refractivity contribution in [3.8, 4) is 5.75 Å². The molecular weight excluding hydrogens is 589 g/mol. The number of halogens is 5. The average Bonchev–Trinajstić information content (AvgIpc) is 3.47. The smallest absolute Gasteiger partial charge is 0.227 e. The zero-order valence-electron chi connectivity index (χ0n) is 20.9. The van der Waals surface area contributed by atoms with E-state index in [2.05, 4.69) is 4.98 Å². The van der Waals surface area contributed by atoms with Crippen LogP contribution in [0.5, 0.6) is 5.75 Å². The largest absolute Gasteiger partial charge is 0.482 e. The van der Waals surface area contributed by atoms with E-state index in [1.807, 2.05) is 21.9 Å². The van der Waals surface area contributed by atoms with Crippen molar-refractivity contribution in [1.29, 1.82) is 0 Å². The fraction of sp³-hybridized carbons (Fsp3) is 0.407. The molecule has 39 heavy (non-hydrogen) atoms. The highest BCUT2D eigenvalue weighted by atomic mass is 35.5. The third kappa shape index (κ3) is 6.43. The first-order chi connectivity index (χ1) is 18.7. The lowest BCUT2D eigenvalue weighted by Gasteiger charge is -2.27. The van der Waals surface area contributed by atoms with Crippen LogP contribution in [-0.2, 0) is 17.8 Å². The van der Waals surface area contributed by atoms with E-state index in [1.165, 1.54) is 11.3 Å². The van der Waals surface area contributed by atoms with Crippen LogP contribution < -0.4 is 15.4 Å². The van der Waals surface area contributed by atoms with Crippen molar-refractivity contribution in [2.24, 2.45) is 11.7 Å². The number of thiazole rings is 1. The number of amides is 1. The Hall–Kier alpha value is -2.17. The van der Waals surface area contributed by atoms with Crippen molar-refractivity contribution in [1.82, 2.24) is 9.88 Å². The first-order valence-electron chi connectivity index (χ1n) is 12.7. The van der Waals surface area contributed by atoms with Crippen LogP contribution in [0.15, 0.2) is 36.5 Å². The van der Waals surface area contributed by atoms with Crippen molar-refractivity contribution in [2.45, 2.75) is 44.4 Å². The van der Waals surface area contributed by atoms with E-state index in [0.717, 1.165) is 40.5 Å². The Bertz CT molecular complexity index is 1360. The highest BCUT2D eigenvalue weighted by Gasteiger charge is 2.36. The third-order valence-electron chi connectivity index (χ3n) is 6.97. The van der Waals surface area contributed by atoms with Gasteiger partial charge in [0.25, 0.3) is 0 Å². The Morgan fingerprint density at radius 2 is 1.97 bits per heavy atom. The summed E-state index contributed by atoms with van der Waals surface area (Å²) < 4.78 is 34.0. The number of aromatic nitrogens is 1. The molecular formula is C27H27Cl3F2N4O2S. The Balaban J connectivity index is 1.22. The maximum absolute atomic E-state index is 14.3. The molecule has 0 radical (unpaired) electrons. The van der Waals surface area contributed by atoms with Crippen molar-refractivity contribution < 1.29 is 18.3 Å². The lowest BCUT2D eigenvalue weighted by molar-refractivity contribution is -0.136. The van der Waals surface area contributed by atoms with Gasteiger partial charge in [-0.2, -0.15) is 0 Å². The molecule has 1 amide bonds. The van der Waals surface area contributed by atoms with E-state index in [9.17, 15) is 13.6 Å². The van der Waals surface area contributed by atoms with E-state index >= 15 is 0 Å². The summed E-state index contributed by atoms with van der Waals surface area (Å²) in [6.45, 7) is 1.63. The highest BCUT2D eigenvalue weighted by molar-refractivity contribution is 7.15. The standard InChI is InChI=1S/C27H27Cl3F2N4O2S/c28-20-3-1-2-15(23(20)30)13-36(17-4-5-17)26(37)16(11-33)10-19-12-34-27(39-19)35-9-8-18(14-35)38-25-22(31)7-6-21(29)24(25)32/h1-3,6-7,12,16-18H,4-5,8-11,13-14,33H2. The molecule has 0 bridgehead atoms. The summed E-state index contributed by atoms with van der Waals surface area (Å²) in [6, 6.07) is 7.86. The van der Waals surface area contributed by atoms with Gasteiger partial charge in [-0.3, -0.25) is 4.79 Å². The first-order valence-corrected chi connectivity index (χ1v) is 14.6. The van der Waals surface area contributed by atoms with Gasteiger partial charge in [-0.1, -0.05) is 46.9 Å². The number of hydrogen-bond donors (Lipinski definition) is 1. The van der Waals surface area contributed by atoms with Crippen LogP contribution in [0, 0.1) is 17.6 Å². The van der Waals surface area contributed by atoms with Gasteiger partial charge in [0.15, 0.2) is 22.5 Å². The molecule has 2 atom stereocenters. The molecule has 5 rings (SSSR count). The number of anilines is 1. The number of nitrogens with two attached hydrogens (primary N) is 1. The van der Waals surface area contributed by atoms with Crippen LogP contribution in [0.25, 0.3) is 0 Å². The Kier molecular flexibility index (Phi) is 8.83. The SMILES string of the molecule is NCC(Cc1cnc(N2CCC(Oc3c(F)ccc(Cl)c3F)C2)s1)C(=O)N(Cc1cccc(Cl)c1Cl)C1CC1. The van der Waals surface area contributed by atoms with Crippen molar-refractivity contribution in [2.75, 3.05) is 24.5 Å². The number of rotatable bonds is 10. The van der Waals surface area contributed by atoms with Crippen molar-refractivity contribution in [3.05, 3.63) is 73.7 Å².